The van der Waals surface area contributed by atoms with E-state index >= 15 is 0 Å². The van der Waals surface area contributed by atoms with Gasteiger partial charge in [-0.1, -0.05) is 30.3 Å². The summed E-state index contributed by atoms with van der Waals surface area (Å²) in [5.74, 6) is 3.49. The van der Waals surface area contributed by atoms with Gasteiger partial charge in [0.25, 0.3) is 0 Å². The van der Waals surface area contributed by atoms with Crippen LogP contribution in [0.5, 0.6) is 5.75 Å². The molecular weight excluding hydrogens is 336 g/mol. The van der Waals surface area contributed by atoms with Crippen LogP contribution in [0.4, 0.5) is 17.3 Å². The van der Waals surface area contributed by atoms with E-state index in [1.807, 2.05) is 25.1 Å². The first-order valence-electron chi connectivity index (χ1n) is 9.31. The first-order chi connectivity index (χ1) is 13.2. The molecule has 5 nitrogen and oxygen atoms in total. The van der Waals surface area contributed by atoms with Gasteiger partial charge in [0.05, 0.1) is 7.11 Å². The van der Waals surface area contributed by atoms with Gasteiger partial charge in [-0.25, -0.2) is 9.97 Å². The summed E-state index contributed by atoms with van der Waals surface area (Å²) in [7, 11) is 1.68. The number of aromatic nitrogens is 2. The highest BCUT2D eigenvalue weighted by Crippen LogP contribution is 2.33. The molecule has 3 aromatic rings. The van der Waals surface area contributed by atoms with Gasteiger partial charge in [-0.15, -0.1) is 0 Å². The van der Waals surface area contributed by atoms with Crippen molar-refractivity contribution in [2.24, 2.45) is 0 Å². The maximum Gasteiger partial charge on any atom is 0.138 e. The average molecular weight is 360 g/mol. The molecule has 1 N–H and O–H groups in total. The SMILES string of the molecule is COc1ccc(CCNc2cc(N3CCc4ccccc43)nc(C)n2)cc1. The lowest BCUT2D eigenvalue weighted by Crippen LogP contribution is -2.16. The highest BCUT2D eigenvalue weighted by molar-refractivity contribution is 5.68. The highest BCUT2D eigenvalue weighted by atomic mass is 16.5. The van der Waals surface area contributed by atoms with Gasteiger partial charge in [-0.2, -0.15) is 0 Å². The molecule has 0 saturated heterocycles. The van der Waals surface area contributed by atoms with E-state index in [4.69, 9.17) is 4.74 Å². The van der Waals surface area contributed by atoms with Gasteiger partial charge < -0.3 is 15.0 Å². The van der Waals surface area contributed by atoms with E-state index in [0.717, 1.165) is 49.1 Å². The third kappa shape index (κ3) is 3.87. The minimum Gasteiger partial charge on any atom is -0.497 e. The minimum absolute atomic E-state index is 0.781. The highest BCUT2D eigenvalue weighted by Gasteiger charge is 2.21. The molecule has 4 rings (SSSR count). The zero-order chi connectivity index (χ0) is 18.6. The van der Waals surface area contributed by atoms with Crippen LogP contribution in [0.25, 0.3) is 0 Å². The second-order valence-electron chi connectivity index (χ2n) is 6.71. The number of para-hydroxylation sites is 1. The van der Waals surface area contributed by atoms with Crippen LogP contribution >= 0.6 is 0 Å². The van der Waals surface area contributed by atoms with Crippen LogP contribution in [0.3, 0.4) is 0 Å². The quantitative estimate of drug-likeness (QED) is 0.716. The molecule has 5 heteroatoms. The van der Waals surface area contributed by atoms with Gasteiger partial charge in [0, 0.05) is 24.8 Å². The Kier molecular flexibility index (Phi) is 4.92. The van der Waals surface area contributed by atoms with E-state index in [2.05, 4.69) is 56.6 Å². The van der Waals surface area contributed by atoms with Gasteiger partial charge in [-0.3, -0.25) is 0 Å². The Labute approximate surface area is 160 Å². The molecule has 0 spiro atoms. The Hall–Kier alpha value is -3.08. The normalized spacial score (nSPS) is 12.7. The number of aryl methyl sites for hydroxylation is 1. The van der Waals surface area contributed by atoms with Crippen LogP contribution in [0.1, 0.15) is 17.0 Å². The van der Waals surface area contributed by atoms with Crippen molar-refractivity contribution in [3.05, 3.63) is 71.5 Å². The number of methoxy groups -OCH3 is 1. The van der Waals surface area contributed by atoms with Crippen LogP contribution < -0.4 is 15.0 Å². The second-order valence-corrected chi connectivity index (χ2v) is 6.71. The monoisotopic (exact) mass is 360 g/mol. The molecule has 1 aliphatic heterocycles. The van der Waals surface area contributed by atoms with Crippen molar-refractivity contribution in [2.45, 2.75) is 19.8 Å². The maximum atomic E-state index is 5.21. The topological polar surface area (TPSA) is 50.3 Å². The fourth-order valence-electron chi connectivity index (χ4n) is 3.48. The van der Waals surface area contributed by atoms with Crippen molar-refractivity contribution >= 4 is 17.3 Å². The molecule has 2 heterocycles. The van der Waals surface area contributed by atoms with Crippen molar-refractivity contribution in [3.8, 4) is 5.75 Å². The minimum atomic E-state index is 0.781. The lowest BCUT2D eigenvalue weighted by molar-refractivity contribution is 0.414. The zero-order valence-corrected chi connectivity index (χ0v) is 15.8. The number of hydrogen-bond donors (Lipinski definition) is 1. The third-order valence-corrected chi connectivity index (χ3v) is 4.87. The standard InChI is InChI=1S/C22H24N4O/c1-16-24-21(23-13-11-17-7-9-19(27-2)10-8-17)15-22(25-16)26-14-12-18-5-3-4-6-20(18)26/h3-10,15H,11-14H2,1-2H3,(H,23,24,25). The summed E-state index contributed by atoms with van der Waals surface area (Å²) in [6, 6.07) is 18.8. The van der Waals surface area contributed by atoms with Gasteiger partial charge in [0.2, 0.25) is 0 Å². The van der Waals surface area contributed by atoms with E-state index in [0.29, 0.717) is 0 Å². The number of anilines is 3. The molecule has 0 amide bonds. The summed E-state index contributed by atoms with van der Waals surface area (Å²) in [5.41, 5.74) is 3.89. The van der Waals surface area contributed by atoms with Crippen LogP contribution in [0.15, 0.2) is 54.6 Å². The van der Waals surface area contributed by atoms with E-state index in [-0.39, 0.29) is 0 Å². The molecule has 0 unspecified atom stereocenters. The Morgan fingerprint density at radius 1 is 1.07 bits per heavy atom. The van der Waals surface area contributed by atoms with Crippen molar-refractivity contribution in [1.82, 2.24) is 9.97 Å². The smallest absolute Gasteiger partial charge is 0.138 e. The van der Waals surface area contributed by atoms with E-state index in [1.54, 1.807) is 7.11 Å². The number of fused-ring (bicyclic) bond motifs is 1. The van der Waals surface area contributed by atoms with Crippen molar-refractivity contribution in [3.63, 3.8) is 0 Å². The van der Waals surface area contributed by atoms with Gasteiger partial charge in [0.15, 0.2) is 0 Å². The fourth-order valence-corrected chi connectivity index (χ4v) is 3.48. The first kappa shape index (κ1) is 17.3. The molecule has 0 bridgehead atoms. The number of rotatable bonds is 6. The van der Waals surface area contributed by atoms with Gasteiger partial charge in [-0.05, 0) is 49.1 Å². The lowest BCUT2D eigenvalue weighted by atomic mass is 10.1. The zero-order valence-electron chi connectivity index (χ0n) is 15.8. The fraction of sp³-hybridized carbons (Fsp3) is 0.273. The molecule has 138 valence electrons. The summed E-state index contributed by atoms with van der Waals surface area (Å²) in [6.45, 7) is 3.72. The molecule has 2 aromatic carbocycles. The number of ether oxygens (including phenoxy) is 1. The van der Waals surface area contributed by atoms with E-state index in [9.17, 15) is 0 Å². The number of nitrogens with zero attached hydrogens (tertiary/aromatic N) is 3. The predicted molar refractivity (Wildman–Crippen MR) is 109 cm³/mol. The molecular formula is C22H24N4O. The van der Waals surface area contributed by atoms with Gasteiger partial charge >= 0.3 is 0 Å². The Morgan fingerprint density at radius 2 is 1.89 bits per heavy atom. The number of benzene rings is 2. The van der Waals surface area contributed by atoms with Crippen molar-refractivity contribution in [2.75, 3.05) is 30.4 Å². The second kappa shape index (κ2) is 7.66. The summed E-state index contributed by atoms with van der Waals surface area (Å²) in [5, 5.41) is 3.44. The van der Waals surface area contributed by atoms with E-state index in [1.165, 1.54) is 16.8 Å². The van der Waals surface area contributed by atoms with Gasteiger partial charge in [0.1, 0.15) is 23.2 Å². The summed E-state index contributed by atoms with van der Waals surface area (Å²) < 4.78 is 5.21. The van der Waals surface area contributed by atoms with Crippen LogP contribution in [0.2, 0.25) is 0 Å². The number of nitrogens with one attached hydrogen (secondary N) is 1. The van der Waals surface area contributed by atoms with Crippen LogP contribution in [0, 0.1) is 6.92 Å². The molecule has 0 radical (unpaired) electrons. The lowest BCUT2D eigenvalue weighted by Gasteiger charge is -2.19. The summed E-state index contributed by atoms with van der Waals surface area (Å²) in [4.78, 5) is 11.5. The molecule has 0 saturated carbocycles. The van der Waals surface area contributed by atoms with Crippen molar-refractivity contribution in [1.29, 1.82) is 0 Å². The maximum absolute atomic E-state index is 5.21. The summed E-state index contributed by atoms with van der Waals surface area (Å²) >= 11 is 0. The largest absolute Gasteiger partial charge is 0.497 e. The average Bonchev–Trinajstić information content (AvgIpc) is 3.12. The molecule has 0 atom stereocenters. The molecule has 0 aliphatic carbocycles. The van der Waals surface area contributed by atoms with E-state index < -0.39 is 0 Å². The van der Waals surface area contributed by atoms with Crippen LogP contribution in [-0.2, 0) is 12.8 Å². The Bertz CT molecular complexity index is 924. The third-order valence-electron chi connectivity index (χ3n) is 4.87. The predicted octanol–water partition coefficient (Wildman–Crippen LogP) is 4.14. The first-order valence-corrected chi connectivity index (χ1v) is 9.31. The molecule has 1 aromatic heterocycles. The Balaban J connectivity index is 1.45. The summed E-state index contributed by atoms with van der Waals surface area (Å²) in [6.07, 6.45) is 1.98. The molecule has 0 fully saturated rings. The number of hydrogen-bond acceptors (Lipinski definition) is 5. The molecule has 27 heavy (non-hydrogen) atoms. The van der Waals surface area contributed by atoms with Crippen LogP contribution in [-0.4, -0.2) is 30.2 Å². The molecule has 1 aliphatic rings. The Morgan fingerprint density at radius 3 is 2.70 bits per heavy atom. The van der Waals surface area contributed by atoms with Crippen molar-refractivity contribution < 1.29 is 4.74 Å².